The number of piperidine rings is 2. The van der Waals surface area contributed by atoms with Crippen LogP contribution >= 0.6 is 22.9 Å². The lowest BCUT2D eigenvalue weighted by Gasteiger charge is -2.39. The van der Waals surface area contributed by atoms with E-state index < -0.39 is 5.60 Å². The molecule has 9 heteroatoms. The number of carbonyl (C=O) groups excluding carboxylic acids is 2. The standard InChI is InChI=1S/C30H33ClN4O3S/c1-29(2)24-25(29)28(37)35(27(24)36)14-19-13-23-26(39-19)20(3-7-33-23)21-12-18(31)11-17-4-10-34(15-22(17)21)16-30(38)5-8-32-9-6-30/h3,7,11-13,24-25,32,38H,4-6,8-10,14-16H2,1-2H3. The summed E-state index contributed by atoms with van der Waals surface area (Å²) in [6, 6.07) is 8.17. The summed E-state index contributed by atoms with van der Waals surface area (Å²) in [5.41, 5.74) is 4.67. The van der Waals surface area contributed by atoms with Gasteiger partial charge < -0.3 is 10.4 Å². The van der Waals surface area contributed by atoms with Gasteiger partial charge in [-0.3, -0.25) is 24.4 Å². The van der Waals surface area contributed by atoms with E-state index in [0.717, 1.165) is 71.7 Å². The molecule has 0 radical (unpaired) electrons. The molecular formula is C30H33ClN4O3S. The van der Waals surface area contributed by atoms with Crippen LogP contribution in [0.2, 0.25) is 5.02 Å². The van der Waals surface area contributed by atoms with Crippen LogP contribution in [-0.2, 0) is 29.1 Å². The maximum Gasteiger partial charge on any atom is 0.234 e. The van der Waals surface area contributed by atoms with E-state index in [-0.39, 0.29) is 29.1 Å². The molecule has 204 valence electrons. The van der Waals surface area contributed by atoms with Crippen molar-refractivity contribution >= 4 is 45.0 Å². The van der Waals surface area contributed by atoms with Gasteiger partial charge in [0.2, 0.25) is 11.8 Å². The SMILES string of the molecule is CC1(C)C2C(=O)N(Cc3cc4nccc(-c5cc(Cl)cc6c5CN(CC5(O)CCNCC5)CC6)c4s3)C(=O)C21. The number of aliphatic hydroxyl groups is 1. The van der Waals surface area contributed by atoms with Crippen LogP contribution in [0.3, 0.4) is 0 Å². The number of β-amino-alcohol motifs (C(OH)–C–C–N with tert-alkyl or cyclic N) is 1. The molecule has 7 rings (SSSR count). The predicted molar refractivity (Wildman–Crippen MR) is 152 cm³/mol. The molecular weight excluding hydrogens is 532 g/mol. The molecule has 2 aromatic heterocycles. The number of hydrogen-bond acceptors (Lipinski definition) is 7. The van der Waals surface area contributed by atoms with Gasteiger partial charge in [0.15, 0.2) is 0 Å². The lowest BCUT2D eigenvalue weighted by atomic mass is 9.88. The van der Waals surface area contributed by atoms with Gasteiger partial charge in [-0.15, -0.1) is 11.3 Å². The number of thiophene rings is 1. The molecule has 0 bridgehead atoms. The molecule has 1 aliphatic carbocycles. The minimum absolute atomic E-state index is 0.0416. The summed E-state index contributed by atoms with van der Waals surface area (Å²) in [4.78, 5) is 35.3. The first-order valence-corrected chi connectivity index (χ1v) is 15.0. The van der Waals surface area contributed by atoms with E-state index in [2.05, 4.69) is 21.3 Å². The first-order chi connectivity index (χ1) is 18.6. The molecule has 5 heterocycles. The van der Waals surface area contributed by atoms with E-state index in [4.69, 9.17) is 11.6 Å². The summed E-state index contributed by atoms with van der Waals surface area (Å²) in [5.74, 6) is -0.422. The van der Waals surface area contributed by atoms with E-state index in [0.29, 0.717) is 18.1 Å². The molecule has 0 spiro atoms. The molecule has 2 atom stereocenters. The Morgan fingerprint density at radius 1 is 1.13 bits per heavy atom. The number of nitrogens with zero attached hydrogens (tertiary/aromatic N) is 3. The summed E-state index contributed by atoms with van der Waals surface area (Å²) >= 11 is 8.23. The van der Waals surface area contributed by atoms with Gasteiger partial charge >= 0.3 is 0 Å². The van der Waals surface area contributed by atoms with E-state index in [1.54, 1.807) is 11.3 Å². The van der Waals surface area contributed by atoms with E-state index >= 15 is 0 Å². The minimum Gasteiger partial charge on any atom is -0.388 e. The van der Waals surface area contributed by atoms with Crippen molar-refractivity contribution in [2.24, 2.45) is 17.3 Å². The molecule has 2 amide bonds. The average molecular weight is 565 g/mol. The summed E-state index contributed by atoms with van der Waals surface area (Å²) < 4.78 is 1.04. The Kier molecular flexibility index (Phi) is 5.96. The number of hydrogen-bond donors (Lipinski definition) is 2. The Labute approximate surface area is 237 Å². The molecule has 3 aliphatic heterocycles. The Bertz CT molecular complexity index is 1490. The normalized spacial score (nSPS) is 25.7. The highest BCUT2D eigenvalue weighted by atomic mass is 35.5. The fraction of sp³-hybridized carbons (Fsp3) is 0.500. The third kappa shape index (κ3) is 4.23. The number of pyridine rings is 1. The summed E-state index contributed by atoms with van der Waals surface area (Å²) in [7, 11) is 0. The largest absolute Gasteiger partial charge is 0.388 e. The topological polar surface area (TPSA) is 85.8 Å². The Balaban J connectivity index is 1.20. The lowest BCUT2D eigenvalue weighted by Crippen LogP contribution is -2.50. The Morgan fingerprint density at radius 2 is 1.87 bits per heavy atom. The zero-order valence-electron chi connectivity index (χ0n) is 22.3. The van der Waals surface area contributed by atoms with Crippen molar-refractivity contribution in [2.75, 3.05) is 26.2 Å². The van der Waals surface area contributed by atoms with Crippen LogP contribution < -0.4 is 5.32 Å². The molecule has 2 unspecified atom stereocenters. The smallest absolute Gasteiger partial charge is 0.234 e. The second-order valence-corrected chi connectivity index (χ2v) is 13.9. The number of benzene rings is 1. The van der Waals surface area contributed by atoms with Crippen LogP contribution in [0.5, 0.6) is 0 Å². The summed E-state index contributed by atoms with van der Waals surface area (Å²) in [6.07, 6.45) is 4.25. The molecule has 1 aromatic carbocycles. The van der Waals surface area contributed by atoms with Gasteiger partial charge in [-0.2, -0.15) is 0 Å². The van der Waals surface area contributed by atoms with E-state index in [1.807, 2.05) is 38.2 Å². The summed E-state index contributed by atoms with van der Waals surface area (Å²) in [6.45, 7) is 8.34. The molecule has 3 aromatic rings. The fourth-order valence-corrected chi connectivity index (χ4v) is 8.49. The highest BCUT2D eigenvalue weighted by Gasteiger charge is 2.72. The number of likely N-dealkylation sites (tertiary alicyclic amines) is 1. The minimum atomic E-state index is -0.651. The average Bonchev–Trinajstić information content (AvgIpc) is 3.14. The number of imide groups is 1. The molecule has 39 heavy (non-hydrogen) atoms. The van der Waals surface area contributed by atoms with Crippen molar-refractivity contribution in [3.8, 4) is 11.1 Å². The van der Waals surface area contributed by atoms with Crippen molar-refractivity contribution in [1.82, 2.24) is 20.1 Å². The number of nitrogens with one attached hydrogen (secondary N) is 1. The highest BCUT2D eigenvalue weighted by molar-refractivity contribution is 7.19. The van der Waals surface area contributed by atoms with Crippen molar-refractivity contribution in [3.63, 3.8) is 0 Å². The number of amides is 2. The molecule has 4 aliphatic rings. The zero-order valence-corrected chi connectivity index (χ0v) is 23.9. The summed E-state index contributed by atoms with van der Waals surface area (Å²) in [5, 5.41) is 15.2. The number of carbonyl (C=O) groups is 2. The van der Waals surface area contributed by atoms with Crippen LogP contribution in [0, 0.1) is 17.3 Å². The van der Waals surface area contributed by atoms with Crippen molar-refractivity contribution < 1.29 is 14.7 Å². The fourth-order valence-electron chi connectivity index (χ4n) is 7.12. The zero-order chi connectivity index (χ0) is 27.1. The van der Waals surface area contributed by atoms with Crippen LogP contribution in [0.15, 0.2) is 30.5 Å². The van der Waals surface area contributed by atoms with Crippen LogP contribution in [0.4, 0.5) is 0 Å². The lowest BCUT2D eigenvalue weighted by molar-refractivity contribution is -0.143. The quantitative estimate of drug-likeness (QED) is 0.451. The van der Waals surface area contributed by atoms with Gasteiger partial charge in [-0.25, -0.2) is 0 Å². The molecule has 7 nitrogen and oxygen atoms in total. The molecule has 2 saturated heterocycles. The van der Waals surface area contributed by atoms with Gasteiger partial charge in [0.1, 0.15) is 0 Å². The highest BCUT2D eigenvalue weighted by Crippen LogP contribution is 2.63. The van der Waals surface area contributed by atoms with Gasteiger partial charge in [0, 0.05) is 41.3 Å². The van der Waals surface area contributed by atoms with E-state index in [1.165, 1.54) is 16.0 Å². The van der Waals surface area contributed by atoms with Gasteiger partial charge in [-0.05, 0) is 78.7 Å². The second kappa shape index (κ2) is 9.08. The number of aromatic nitrogens is 1. The molecule has 1 saturated carbocycles. The monoisotopic (exact) mass is 564 g/mol. The van der Waals surface area contributed by atoms with Crippen LogP contribution in [-0.4, -0.2) is 63.5 Å². The maximum atomic E-state index is 12.9. The third-order valence-corrected chi connectivity index (χ3v) is 10.8. The number of rotatable bonds is 5. The van der Waals surface area contributed by atoms with Crippen molar-refractivity contribution in [1.29, 1.82) is 0 Å². The second-order valence-electron chi connectivity index (χ2n) is 12.4. The first kappa shape index (κ1) is 25.6. The molecule has 3 fully saturated rings. The van der Waals surface area contributed by atoms with E-state index in [9.17, 15) is 14.7 Å². The van der Waals surface area contributed by atoms with Gasteiger partial charge in [-0.1, -0.05) is 25.4 Å². The van der Waals surface area contributed by atoms with Crippen molar-refractivity contribution in [3.05, 3.63) is 51.5 Å². The maximum absolute atomic E-state index is 12.9. The van der Waals surface area contributed by atoms with Crippen molar-refractivity contribution in [2.45, 2.75) is 51.8 Å². The van der Waals surface area contributed by atoms with Crippen LogP contribution in [0.25, 0.3) is 21.3 Å². The number of halogens is 1. The van der Waals surface area contributed by atoms with Gasteiger partial charge in [0.25, 0.3) is 0 Å². The first-order valence-electron chi connectivity index (χ1n) is 13.8. The van der Waals surface area contributed by atoms with Crippen LogP contribution in [0.1, 0.15) is 42.7 Å². The molecule has 2 N–H and O–H groups in total. The van der Waals surface area contributed by atoms with Gasteiger partial charge in [0.05, 0.1) is 34.2 Å². The Morgan fingerprint density at radius 3 is 2.62 bits per heavy atom. The Hall–Kier alpha value is -2.36. The predicted octanol–water partition coefficient (Wildman–Crippen LogP) is 4.23. The number of fused-ring (bicyclic) bond motifs is 3. The third-order valence-electron chi connectivity index (χ3n) is 9.40.